The summed E-state index contributed by atoms with van der Waals surface area (Å²) in [6, 6.07) is 0.477. The van der Waals surface area contributed by atoms with E-state index in [0.717, 1.165) is 32.5 Å². The highest BCUT2D eigenvalue weighted by molar-refractivity contribution is 5.39. The van der Waals surface area contributed by atoms with Crippen LogP contribution >= 0.6 is 0 Å². The van der Waals surface area contributed by atoms with Gasteiger partial charge >= 0.3 is 0 Å². The fourth-order valence-corrected chi connectivity index (χ4v) is 2.65. The van der Waals surface area contributed by atoms with E-state index < -0.39 is 0 Å². The van der Waals surface area contributed by atoms with Crippen molar-refractivity contribution in [1.29, 1.82) is 0 Å². The summed E-state index contributed by atoms with van der Waals surface area (Å²) in [7, 11) is 0. The van der Waals surface area contributed by atoms with Gasteiger partial charge in [-0.05, 0) is 25.2 Å². The molecule has 1 fully saturated rings. The van der Waals surface area contributed by atoms with Crippen LogP contribution in [-0.2, 0) is 4.74 Å². The number of hydrogen-bond donors (Lipinski definition) is 2. The first-order chi connectivity index (χ1) is 10.7. The van der Waals surface area contributed by atoms with Crippen LogP contribution in [0.3, 0.4) is 0 Å². The van der Waals surface area contributed by atoms with E-state index >= 15 is 0 Å². The van der Waals surface area contributed by atoms with Crippen molar-refractivity contribution in [3.8, 4) is 11.6 Å². The third kappa shape index (κ3) is 3.69. The van der Waals surface area contributed by atoms with E-state index in [9.17, 15) is 0 Å². The molecule has 0 aromatic carbocycles. The molecule has 2 aromatic rings. The van der Waals surface area contributed by atoms with Crippen LogP contribution in [0.5, 0.6) is 0 Å². The first kappa shape index (κ1) is 15.1. The molecule has 3 rings (SSSR count). The van der Waals surface area contributed by atoms with E-state index in [-0.39, 0.29) is 6.04 Å². The van der Waals surface area contributed by atoms with Crippen molar-refractivity contribution in [2.75, 3.05) is 13.2 Å². The van der Waals surface area contributed by atoms with E-state index in [1.807, 2.05) is 0 Å². The molecule has 120 valence electrons. The minimum Gasteiger partial charge on any atom is -0.381 e. The summed E-state index contributed by atoms with van der Waals surface area (Å²) in [5, 5.41) is 14.2. The molecule has 8 heteroatoms. The number of ether oxygens (including phenoxy) is 1. The van der Waals surface area contributed by atoms with Gasteiger partial charge in [0.05, 0.1) is 6.04 Å². The molecule has 0 unspecified atom stereocenters. The van der Waals surface area contributed by atoms with Crippen LogP contribution in [0.4, 0.5) is 0 Å². The molecule has 1 aliphatic rings. The van der Waals surface area contributed by atoms with Crippen molar-refractivity contribution >= 4 is 0 Å². The molecule has 0 aliphatic carbocycles. The predicted octanol–water partition coefficient (Wildman–Crippen LogP) is 1.71. The molecule has 8 nitrogen and oxygen atoms in total. The lowest BCUT2D eigenvalue weighted by Gasteiger charge is -2.27. The molecule has 2 N–H and O–H groups in total. The molecule has 2 aromatic heterocycles. The lowest BCUT2D eigenvalue weighted by atomic mass is 10.0. The highest BCUT2D eigenvalue weighted by Gasteiger charge is 2.25. The minimum absolute atomic E-state index is 0.0484. The molecule has 3 heterocycles. The summed E-state index contributed by atoms with van der Waals surface area (Å²) in [6.07, 6.45) is 4.39. The van der Waals surface area contributed by atoms with E-state index in [1.54, 1.807) is 0 Å². The third-order valence-electron chi connectivity index (χ3n) is 3.73. The molecule has 1 aliphatic heterocycles. The van der Waals surface area contributed by atoms with Gasteiger partial charge in [0.1, 0.15) is 6.33 Å². The van der Waals surface area contributed by atoms with Crippen LogP contribution in [0, 0.1) is 5.92 Å². The second kappa shape index (κ2) is 6.97. The van der Waals surface area contributed by atoms with Crippen molar-refractivity contribution < 1.29 is 9.26 Å². The summed E-state index contributed by atoms with van der Waals surface area (Å²) in [5.41, 5.74) is 0. The highest BCUT2D eigenvalue weighted by Crippen LogP contribution is 2.24. The molecule has 0 amide bonds. The first-order valence-corrected chi connectivity index (χ1v) is 7.75. The zero-order valence-corrected chi connectivity index (χ0v) is 13.0. The molecule has 0 radical (unpaired) electrons. The average molecular weight is 306 g/mol. The summed E-state index contributed by atoms with van der Waals surface area (Å²) < 4.78 is 10.9. The Morgan fingerprint density at radius 1 is 1.36 bits per heavy atom. The minimum atomic E-state index is 0.0484. The Labute approximate surface area is 129 Å². The van der Waals surface area contributed by atoms with Crippen LogP contribution in [0.1, 0.15) is 45.0 Å². The quantitative estimate of drug-likeness (QED) is 0.837. The number of rotatable bonds is 6. The number of aromatic amines is 1. The van der Waals surface area contributed by atoms with E-state index in [0.29, 0.717) is 29.5 Å². The lowest BCUT2D eigenvalue weighted by Crippen LogP contribution is -2.38. The van der Waals surface area contributed by atoms with Gasteiger partial charge in [0, 0.05) is 19.3 Å². The Morgan fingerprint density at radius 3 is 2.86 bits per heavy atom. The largest absolute Gasteiger partial charge is 0.381 e. The Kier molecular flexibility index (Phi) is 4.79. The van der Waals surface area contributed by atoms with Gasteiger partial charge < -0.3 is 14.6 Å². The van der Waals surface area contributed by atoms with Gasteiger partial charge in [0.2, 0.25) is 11.7 Å². The SMILES string of the molecule is CC(C)C[C@H](NC1CCOCC1)c1nc(-c2ncn[nH]2)no1. The maximum Gasteiger partial charge on any atom is 0.244 e. The zero-order chi connectivity index (χ0) is 15.4. The number of aromatic nitrogens is 5. The Bertz CT molecular complexity index is 562. The number of nitrogens with zero attached hydrogens (tertiary/aromatic N) is 4. The molecule has 0 spiro atoms. The van der Waals surface area contributed by atoms with E-state index in [1.165, 1.54) is 6.33 Å². The smallest absolute Gasteiger partial charge is 0.244 e. The van der Waals surface area contributed by atoms with Gasteiger partial charge in [0.15, 0.2) is 5.82 Å². The van der Waals surface area contributed by atoms with Crippen molar-refractivity contribution in [3.05, 3.63) is 12.2 Å². The average Bonchev–Trinajstić information content (AvgIpc) is 3.18. The van der Waals surface area contributed by atoms with Crippen LogP contribution in [0.15, 0.2) is 10.9 Å². The summed E-state index contributed by atoms with van der Waals surface area (Å²) in [5.74, 6) is 2.09. The van der Waals surface area contributed by atoms with Crippen molar-refractivity contribution in [2.24, 2.45) is 5.92 Å². The molecular weight excluding hydrogens is 284 g/mol. The predicted molar refractivity (Wildman–Crippen MR) is 78.8 cm³/mol. The number of H-pyrrole nitrogens is 1. The van der Waals surface area contributed by atoms with Crippen LogP contribution in [0.2, 0.25) is 0 Å². The maximum atomic E-state index is 5.45. The van der Waals surface area contributed by atoms with E-state index in [2.05, 4.69) is 44.5 Å². The first-order valence-electron chi connectivity index (χ1n) is 7.75. The fraction of sp³-hybridized carbons (Fsp3) is 0.714. The van der Waals surface area contributed by atoms with E-state index in [4.69, 9.17) is 9.26 Å². The van der Waals surface area contributed by atoms with Crippen LogP contribution in [0.25, 0.3) is 11.6 Å². The Balaban J connectivity index is 1.73. The number of hydrogen-bond acceptors (Lipinski definition) is 7. The monoisotopic (exact) mass is 306 g/mol. The van der Waals surface area contributed by atoms with Crippen molar-refractivity contribution in [1.82, 2.24) is 30.6 Å². The molecule has 1 atom stereocenters. The van der Waals surface area contributed by atoms with Crippen LogP contribution in [-0.4, -0.2) is 44.6 Å². The standard InChI is InChI=1S/C14H22N6O2/c1-9(2)7-11(17-10-3-5-21-6-4-10)14-18-13(20-22-14)12-15-8-16-19-12/h8-11,17H,3-7H2,1-2H3,(H,15,16,19)/t11-/m0/s1. The second-order valence-corrected chi connectivity index (χ2v) is 6.03. The topological polar surface area (TPSA) is 102 Å². The normalized spacial score (nSPS) is 18.0. The van der Waals surface area contributed by atoms with Gasteiger partial charge in [0.25, 0.3) is 0 Å². The Morgan fingerprint density at radius 2 is 2.18 bits per heavy atom. The molecule has 0 saturated carbocycles. The maximum absolute atomic E-state index is 5.45. The highest BCUT2D eigenvalue weighted by atomic mass is 16.5. The summed E-state index contributed by atoms with van der Waals surface area (Å²) in [6.45, 7) is 5.98. The number of nitrogens with one attached hydrogen (secondary N) is 2. The summed E-state index contributed by atoms with van der Waals surface area (Å²) in [4.78, 5) is 8.51. The van der Waals surface area contributed by atoms with Gasteiger partial charge in [-0.2, -0.15) is 10.1 Å². The molecule has 0 bridgehead atoms. The fourth-order valence-electron chi connectivity index (χ4n) is 2.65. The molecule has 22 heavy (non-hydrogen) atoms. The van der Waals surface area contributed by atoms with Crippen molar-refractivity contribution in [2.45, 2.75) is 45.2 Å². The van der Waals surface area contributed by atoms with Crippen LogP contribution < -0.4 is 5.32 Å². The second-order valence-electron chi connectivity index (χ2n) is 6.03. The Hall–Kier alpha value is -1.80. The third-order valence-corrected chi connectivity index (χ3v) is 3.73. The van der Waals surface area contributed by atoms with Gasteiger partial charge in [-0.1, -0.05) is 19.0 Å². The van der Waals surface area contributed by atoms with Gasteiger partial charge in [-0.3, -0.25) is 5.10 Å². The molecule has 1 saturated heterocycles. The zero-order valence-electron chi connectivity index (χ0n) is 13.0. The van der Waals surface area contributed by atoms with Gasteiger partial charge in [-0.15, -0.1) is 0 Å². The molecular formula is C14H22N6O2. The van der Waals surface area contributed by atoms with Gasteiger partial charge in [-0.25, -0.2) is 4.98 Å². The summed E-state index contributed by atoms with van der Waals surface area (Å²) >= 11 is 0. The van der Waals surface area contributed by atoms with Crippen molar-refractivity contribution in [3.63, 3.8) is 0 Å². The lowest BCUT2D eigenvalue weighted by molar-refractivity contribution is 0.0723.